The van der Waals surface area contributed by atoms with Gasteiger partial charge in [-0.3, -0.25) is 0 Å². The van der Waals surface area contributed by atoms with Crippen molar-refractivity contribution < 1.29 is 9.13 Å². The smallest absolute Gasteiger partial charge is 0.137 e. The number of hydrogen-bond acceptors (Lipinski definition) is 3. The standard InChI is InChI=1S/C15H16BrFN2O/c1-2-8-18-15-5-3-4-11(19-15)10-20-12-6-7-14(17)13(16)9-12/h3-7,9H,2,8,10H2,1H3,(H,18,19). The summed E-state index contributed by atoms with van der Waals surface area (Å²) in [5, 5.41) is 3.23. The fourth-order valence-corrected chi connectivity index (χ4v) is 1.99. The Labute approximate surface area is 126 Å². The lowest BCUT2D eigenvalue weighted by atomic mass is 10.3. The average Bonchev–Trinajstić information content (AvgIpc) is 2.47. The van der Waals surface area contributed by atoms with Gasteiger partial charge in [0.2, 0.25) is 0 Å². The minimum Gasteiger partial charge on any atom is -0.487 e. The van der Waals surface area contributed by atoms with E-state index in [0.29, 0.717) is 16.8 Å². The topological polar surface area (TPSA) is 34.1 Å². The van der Waals surface area contributed by atoms with Gasteiger partial charge in [-0.05, 0) is 52.7 Å². The Morgan fingerprint density at radius 2 is 2.15 bits per heavy atom. The van der Waals surface area contributed by atoms with Gasteiger partial charge < -0.3 is 10.1 Å². The molecule has 0 spiro atoms. The molecule has 1 heterocycles. The summed E-state index contributed by atoms with van der Waals surface area (Å²) >= 11 is 3.13. The van der Waals surface area contributed by atoms with Crippen LogP contribution in [0, 0.1) is 5.82 Å². The minimum absolute atomic E-state index is 0.304. The molecule has 0 aliphatic heterocycles. The number of ether oxygens (including phenoxy) is 1. The van der Waals surface area contributed by atoms with Gasteiger partial charge in [-0.1, -0.05) is 13.0 Å². The van der Waals surface area contributed by atoms with Gasteiger partial charge in [0.05, 0.1) is 10.2 Å². The summed E-state index contributed by atoms with van der Waals surface area (Å²) in [6.45, 7) is 3.34. The number of benzene rings is 1. The zero-order valence-corrected chi connectivity index (χ0v) is 12.8. The molecule has 0 saturated carbocycles. The van der Waals surface area contributed by atoms with E-state index in [9.17, 15) is 4.39 Å². The fraction of sp³-hybridized carbons (Fsp3) is 0.267. The number of hydrogen-bond donors (Lipinski definition) is 1. The van der Waals surface area contributed by atoms with Crippen molar-refractivity contribution in [3.63, 3.8) is 0 Å². The molecule has 106 valence electrons. The van der Waals surface area contributed by atoms with Crippen molar-refractivity contribution in [1.29, 1.82) is 0 Å². The van der Waals surface area contributed by atoms with E-state index in [1.807, 2.05) is 18.2 Å². The lowest BCUT2D eigenvalue weighted by Gasteiger charge is -2.08. The zero-order chi connectivity index (χ0) is 14.4. The number of anilines is 1. The Hall–Kier alpha value is -1.62. The molecule has 0 saturated heterocycles. The molecule has 0 unspecified atom stereocenters. The van der Waals surface area contributed by atoms with Crippen LogP contribution in [-0.4, -0.2) is 11.5 Å². The summed E-state index contributed by atoms with van der Waals surface area (Å²) in [6.07, 6.45) is 1.05. The van der Waals surface area contributed by atoms with Gasteiger partial charge in [0.1, 0.15) is 24.0 Å². The van der Waals surface area contributed by atoms with E-state index < -0.39 is 0 Å². The fourth-order valence-electron chi connectivity index (χ4n) is 1.64. The molecule has 1 aromatic heterocycles. The van der Waals surface area contributed by atoms with Gasteiger partial charge >= 0.3 is 0 Å². The predicted molar refractivity (Wildman–Crippen MR) is 81.4 cm³/mol. The number of aromatic nitrogens is 1. The van der Waals surface area contributed by atoms with Crippen molar-refractivity contribution in [2.45, 2.75) is 20.0 Å². The molecule has 0 bridgehead atoms. The van der Waals surface area contributed by atoms with E-state index in [1.54, 1.807) is 12.1 Å². The van der Waals surface area contributed by atoms with Crippen LogP contribution in [0.1, 0.15) is 19.0 Å². The Balaban J connectivity index is 1.97. The van der Waals surface area contributed by atoms with Gasteiger partial charge in [-0.25, -0.2) is 9.37 Å². The second-order valence-corrected chi connectivity index (χ2v) is 5.16. The zero-order valence-electron chi connectivity index (χ0n) is 11.2. The molecule has 0 amide bonds. The lowest BCUT2D eigenvalue weighted by molar-refractivity contribution is 0.301. The van der Waals surface area contributed by atoms with Crippen LogP contribution in [0.25, 0.3) is 0 Å². The molecule has 20 heavy (non-hydrogen) atoms. The first kappa shape index (κ1) is 14.8. The molecule has 2 rings (SSSR count). The Morgan fingerprint density at radius 3 is 2.90 bits per heavy atom. The molecule has 5 heteroatoms. The van der Waals surface area contributed by atoms with E-state index in [0.717, 1.165) is 24.5 Å². The SMILES string of the molecule is CCCNc1cccc(COc2ccc(F)c(Br)c2)n1. The maximum atomic E-state index is 13.1. The predicted octanol–water partition coefficient (Wildman–Crippen LogP) is 4.38. The van der Waals surface area contributed by atoms with Crippen LogP contribution in [0.3, 0.4) is 0 Å². The van der Waals surface area contributed by atoms with E-state index in [-0.39, 0.29) is 5.82 Å². The molecule has 1 aromatic carbocycles. The van der Waals surface area contributed by atoms with E-state index in [4.69, 9.17) is 4.74 Å². The highest BCUT2D eigenvalue weighted by Gasteiger charge is 2.03. The second kappa shape index (κ2) is 7.24. The Bertz CT molecular complexity index is 578. The van der Waals surface area contributed by atoms with Gasteiger partial charge in [-0.2, -0.15) is 0 Å². The molecule has 0 aliphatic rings. The highest BCUT2D eigenvalue weighted by Crippen LogP contribution is 2.22. The molecular formula is C15H16BrFN2O. The van der Waals surface area contributed by atoms with Crippen molar-refractivity contribution in [3.8, 4) is 5.75 Å². The number of nitrogens with one attached hydrogen (secondary N) is 1. The van der Waals surface area contributed by atoms with Crippen molar-refractivity contribution in [2.24, 2.45) is 0 Å². The molecule has 0 aliphatic carbocycles. The molecular weight excluding hydrogens is 323 g/mol. The van der Waals surface area contributed by atoms with E-state index >= 15 is 0 Å². The minimum atomic E-state index is -0.304. The normalized spacial score (nSPS) is 10.3. The van der Waals surface area contributed by atoms with Crippen LogP contribution in [0.15, 0.2) is 40.9 Å². The molecule has 0 radical (unpaired) electrons. The third kappa shape index (κ3) is 4.20. The average molecular weight is 339 g/mol. The third-order valence-corrected chi connectivity index (χ3v) is 3.25. The number of nitrogens with zero attached hydrogens (tertiary/aromatic N) is 1. The highest BCUT2D eigenvalue weighted by atomic mass is 79.9. The molecule has 0 fully saturated rings. The number of halogens is 2. The quantitative estimate of drug-likeness (QED) is 0.848. The van der Waals surface area contributed by atoms with Crippen LogP contribution >= 0.6 is 15.9 Å². The second-order valence-electron chi connectivity index (χ2n) is 4.31. The third-order valence-electron chi connectivity index (χ3n) is 2.64. The maximum absolute atomic E-state index is 13.1. The lowest BCUT2D eigenvalue weighted by Crippen LogP contribution is -2.04. The highest BCUT2D eigenvalue weighted by molar-refractivity contribution is 9.10. The van der Waals surface area contributed by atoms with Crippen LogP contribution in [0.2, 0.25) is 0 Å². The largest absolute Gasteiger partial charge is 0.487 e. The summed E-state index contributed by atoms with van der Waals surface area (Å²) in [5.74, 6) is 1.14. The van der Waals surface area contributed by atoms with Gasteiger partial charge in [0.15, 0.2) is 0 Å². The molecule has 2 aromatic rings. The summed E-state index contributed by atoms with van der Waals surface area (Å²) in [4.78, 5) is 4.44. The van der Waals surface area contributed by atoms with Crippen molar-refractivity contribution >= 4 is 21.7 Å². The van der Waals surface area contributed by atoms with Crippen LogP contribution < -0.4 is 10.1 Å². The summed E-state index contributed by atoms with van der Waals surface area (Å²) in [7, 11) is 0. The summed E-state index contributed by atoms with van der Waals surface area (Å²) < 4.78 is 19.1. The first-order valence-corrected chi connectivity index (χ1v) is 7.26. The van der Waals surface area contributed by atoms with E-state index in [2.05, 4.69) is 33.2 Å². The summed E-state index contributed by atoms with van der Waals surface area (Å²) in [6, 6.07) is 10.3. The summed E-state index contributed by atoms with van der Waals surface area (Å²) in [5.41, 5.74) is 0.826. The number of rotatable bonds is 6. The van der Waals surface area contributed by atoms with Crippen LogP contribution in [0.4, 0.5) is 10.2 Å². The molecule has 1 N–H and O–H groups in total. The van der Waals surface area contributed by atoms with Crippen LogP contribution in [-0.2, 0) is 6.61 Å². The van der Waals surface area contributed by atoms with Crippen molar-refractivity contribution in [1.82, 2.24) is 4.98 Å². The molecule has 0 atom stereocenters. The number of pyridine rings is 1. The van der Waals surface area contributed by atoms with Gasteiger partial charge in [-0.15, -0.1) is 0 Å². The first-order chi connectivity index (χ1) is 9.69. The first-order valence-electron chi connectivity index (χ1n) is 6.46. The van der Waals surface area contributed by atoms with Gasteiger partial charge in [0.25, 0.3) is 0 Å². The maximum Gasteiger partial charge on any atom is 0.137 e. The van der Waals surface area contributed by atoms with Crippen molar-refractivity contribution in [3.05, 3.63) is 52.4 Å². The molecule has 3 nitrogen and oxygen atoms in total. The Kier molecular flexibility index (Phi) is 5.35. The van der Waals surface area contributed by atoms with Gasteiger partial charge in [0, 0.05) is 6.54 Å². The van der Waals surface area contributed by atoms with Crippen LogP contribution in [0.5, 0.6) is 5.75 Å². The Morgan fingerprint density at radius 1 is 1.30 bits per heavy atom. The monoisotopic (exact) mass is 338 g/mol. The van der Waals surface area contributed by atoms with Crippen molar-refractivity contribution in [2.75, 3.05) is 11.9 Å². The van der Waals surface area contributed by atoms with E-state index in [1.165, 1.54) is 6.07 Å².